The van der Waals surface area contributed by atoms with Crippen molar-refractivity contribution >= 4 is 17.3 Å². The Morgan fingerprint density at radius 2 is 1.89 bits per heavy atom. The molecule has 0 saturated carbocycles. The number of nitrogens with zero attached hydrogens (tertiary/aromatic N) is 2. The van der Waals surface area contributed by atoms with Crippen LogP contribution in [0.2, 0.25) is 0 Å². The van der Waals surface area contributed by atoms with Gasteiger partial charge >= 0.3 is 0 Å². The van der Waals surface area contributed by atoms with Crippen LogP contribution in [0, 0.1) is 0 Å². The van der Waals surface area contributed by atoms with Gasteiger partial charge in [0.05, 0.1) is 11.3 Å². The van der Waals surface area contributed by atoms with Crippen molar-refractivity contribution in [1.82, 2.24) is 10.3 Å². The molecule has 2 aliphatic heterocycles. The number of hydrogen-bond acceptors (Lipinski definition) is 5. The number of nitrogens with one attached hydrogen (secondary N) is 2. The van der Waals surface area contributed by atoms with Crippen LogP contribution in [-0.2, 0) is 6.42 Å². The van der Waals surface area contributed by atoms with E-state index in [-0.39, 0.29) is 0 Å². The molecule has 0 aliphatic carbocycles. The molecule has 0 atom stereocenters. The van der Waals surface area contributed by atoms with Crippen LogP contribution < -0.4 is 21.3 Å². The van der Waals surface area contributed by atoms with Gasteiger partial charge in [0.1, 0.15) is 0 Å². The maximum absolute atomic E-state index is 11.8. The molecule has 148 valence electrons. The number of aromatic nitrogens is 1. The van der Waals surface area contributed by atoms with Crippen LogP contribution in [0.15, 0.2) is 36.5 Å². The minimum Gasteiger partial charge on any atom is -0.381 e. The predicted molar refractivity (Wildman–Crippen MR) is 113 cm³/mol. The number of anilines is 2. The highest BCUT2D eigenvalue weighted by atomic mass is 16.1. The second-order valence-electron chi connectivity index (χ2n) is 7.79. The van der Waals surface area contributed by atoms with E-state index in [1.165, 1.54) is 24.1 Å². The molecule has 4 rings (SSSR count). The van der Waals surface area contributed by atoms with Crippen molar-refractivity contribution in [3.63, 3.8) is 0 Å². The number of primary amides is 1. The molecule has 2 fully saturated rings. The molecule has 2 saturated heterocycles. The van der Waals surface area contributed by atoms with E-state index in [4.69, 9.17) is 5.73 Å². The van der Waals surface area contributed by atoms with E-state index in [0.29, 0.717) is 11.6 Å². The van der Waals surface area contributed by atoms with Crippen molar-refractivity contribution in [2.75, 3.05) is 36.4 Å². The van der Waals surface area contributed by atoms with Gasteiger partial charge in [-0.3, -0.25) is 9.78 Å². The molecular formula is C22H29N5O. The number of pyridine rings is 1. The number of amides is 1. The number of carbonyl (C=O) groups excluding carboxylic acids is 1. The number of hydrogen-bond donors (Lipinski definition) is 3. The lowest BCUT2D eigenvalue weighted by molar-refractivity contribution is 0.100. The lowest BCUT2D eigenvalue weighted by Gasteiger charge is -2.25. The highest BCUT2D eigenvalue weighted by molar-refractivity contribution is 5.98. The molecule has 0 spiro atoms. The fourth-order valence-corrected chi connectivity index (χ4v) is 4.11. The Labute approximate surface area is 166 Å². The average Bonchev–Trinajstić information content (AvgIpc) is 3.24. The summed E-state index contributed by atoms with van der Waals surface area (Å²) in [4.78, 5) is 18.7. The standard InChI is InChI=1S/C22H29N5O/c23-22(28)20-15-25-18(14-21(20)26-17-7-9-24-10-8-17)13-16-3-5-19(6-4-16)27-11-1-2-12-27/h3-6,14-15,17,24H,1-2,7-13H2,(H2,23,28)(H,25,26). The Kier molecular flexibility index (Phi) is 5.76. The Morgan fingerprint density at radius 3 is 2.57 bits per heavy atom. The summed E-state index contributed by atoms with van der Waals surface area (Å²) in [5.74, 6) is -0.439. The van der Waals surface area contributed by atoms with Gasteiger partial charge in [0.25, 0.3) is 5.91 Å². The van der Waals surface area contributed by atoms with Crippen LogP contribution in [0.1, 0.15) is 47.3 Å². The molecule has 2 aliphatic rings. The Balaban J connectivity index is 1.49. The van der Waals surface area contributed by atoms with E-state index < -0.39 is 5.91 Å². The zero-order valence-electron chi connectivity index (χ0n) is 16.3. The average molecular weight is 380 g/mol. The smallest absolute Gasteiger partial charge is 0.252 e. The topological polar surface area (TPSA) is 83.3 Å². The van der Waals surface area contributed by atoms with Gasteiger partial charge in [-0.2, -0.15) is 0 Å². The number of piperidine rings is 1. The van der Waals surface area contributed by atoms with Crippen molar-refractivity contribution in [2.24, 2.45) is 5.73 Å². The second kappa shape index (κ2) is 8.61. The summed E-state index contributed by atoms with van der Waals surface area (Å²) >= 11 is 0. The van der Waals surface area contributed by atoms with Crippen LogP contribution in [0.3, 0.4) is 0 Å². The highest BCUT2D eigenvalue weighted by Crippen LogP contribution is 2.23. The van der Waals surface area contributed by atoms with Crippen LogP contribution >= 0.6 is 0 Å². The normalized spacial score (nSPS) is 17.6. The first-order valence-corrected chi connectivity index (χ1v) is 10.3. The Bertz CT molecular complexity index is 808. The first-order chi connectivity index (χ1) is 13.7. The second-order valence-corrected chi connectivity index (χ2v) is 7.79. The van der Waals surface area contributed by atoms with Crippen LogP contribution in [-0.4, -0.2) is 43.1 Å². The van der Waals surface area contributed by atoms with Gasteiger partial charge < -0.3 is 21.3 Å². The fraction of sp³-hybridized carbons (Fsp3) is 0.455. The van der Waals surface area contributed by atoms with Crippen molar-refractivity contribution < 1.29 is 4.79 Å². The van der Waals surface area contributed by atoms with E-state index >= 15 is 0 Å². The van der Waals surface area contributed by atoms with Crippen molar-refractivity contribution in [3.05, 3.63) is 53.3 Å². The van der Waals surface area contributed by atoms with E-state index in [2.05, 4.69) is 44.8 Å². The van der Waals surface area contributed by atoms with Gasteiger partial charge in [0, 0.05) is 43.1 Å². The van der Waals surface area contributed by atoms with Gasteiger partial charge in [-0.1, -0.05) is 12.1 Å². The molecule has 0 unspecified atom stereocenters. The van der Waals surface area contributed by atoms with Crippen molar-refractivity contribution in [1.29, 1.82) is 0 Å². The summed E-state index contributed by atoms with van der Waals surface area (Å²) in [7, 11) is 0. The predicted octanol–water partition coefficient (Wildman–Crippen LogP) is 2.54. The Morgan fingerprint density at radius 1 is 1.18 bits per heavy atom. The molecule has 4 N–H and O–H groups in total. The molecule has 1 aromatic carbocycles. The summed E-state index contributed by atoms with van der Waals surface area (Å²) < 4.78 is 0. The quantitative estimate of drug-likeness (QED) is 0.718. The third-order valence-electron chi connectivity index (χ3n) is 5.72. The van der Waals surface area contributed by atoms with Crippen LogP contribution in [0.4, 0.5) is 11.4 Å². The van der Waals surface area contributed by atoms with Gasteiger partial charge in [0.15, 0.2) is 0 Å². The van der Waals surface area contributed by atoms with E-state index in [1.807, 2.05) is 6.07 Å². The van der Waals surface area contributed by atoms with Crippen molar-refractivity contribution in [3.8, 4) is 0 Å². The third kappa shape index (κ3) is 4.44. The maximum Gasteiger partial charge on any atom is 0.252 e. The molecular weight excluding hydrogens is 350 g/mol. The van der Waals surface area contributed by atoms with Gasteiger partial charge in [-0.05, 0) is 62.5 Å². The molecule has 6 nitrogen and oxygen atoms in total. The lowest BCUT2D eigenvalue weighted by Crippen LogP contribution is -2.35. The molecule has 0 bridgehead atoms. The zero-order chi connectivity index (χ0) is 19.3. The lowest BCUT2D eigenvalue weighted by atomic mass is 10.0. The molecule has 28 heavy (non-hydrogen) atoms. The fourth-order valence-electron chi connectivity index (χ4n) is 4.11. The van der Waals surface area contributed by atoms with Gasteiger partial charge in [-0.15, -0.1) is 0 Å². The molecule has 1 amide bonds. The molecule has 0 radical (unpaired) electrons. The first-order valence-electron chi connectivity index (χ1n) is 10.3. The number of nitrogens with two attached hydrogens (primary N) is 1. The number of carbonyl (C=O) groups is 1. The summed E-state index contributed by atoms with van der Waals surface area (Å²) in [6.45, 7) is 4.29. The van der Waals surface area contributed by atoms with E-state index in [9.17, 15) is 4.79 Å². The summed E-state index contributed by atoms with van der Waals surface area (Å²) in [6, 6.07) is 11.1. The largest absolute Gasteiger partial charge is 0.381 e. The van der Waals surface area contributed by atoms with Crippen LogP contribution in [0.5, 0.6) is 0 Å². The molecule has 2 aromatic rings. The minimum absolute atomic E-state index is 0.356. The zero-order valence-corrected chi connectivity index (χ0v) is 16.3. The summed E-state index contributed by atoms with van der Waals surface area (Å²) in [6.07, 6.45) is 6.98. The highest BCUT2D eigenvalue weighted by Gasteiger charge is 2.17. The van der Waals surface area contributed by atoms with Crippen LogP contribution in [0.25, 0.3) is 0 Å². The number of benzene rings is 1. The monoisotopic (exact) mass is 379 g/mol. The molecule has 6 heteroatoms. The van der Waals surface area contributed by atoms with Gasteiger partial charge in [0.2, 0.25) is 0 Å². The summed E-state index contributed by atoms with van der Waals surface area (Å²) in [5, 5.41) is 6.87. The SMILES string of the molecule is NC(=O)c1cnc(Cc2ccc(N3CCCC3)cc2)cc1NC1CCNCC1. The third-order valence-corrected chi connectivity index (χ3v) is 5.72. The Hall–Kier alpha value is -2.60. The minimum atomic E-state index is -0.439. The van der Waals surface area contributed by atoms with Gasteiger partial charge in [-0.25, -0.2) is 0 Å². The van der Waals surface area contributed by atoms with E-state index in [1.54, 1.807) is 6.20 Å². The number of rotatable bonds is 6. The van der Waals surface area contributed by atoms with Crippen molar-refractivity contribution in [2.45, 2.75) is 38.1 Å². The summed E-state index contributed by atoms with van der Waals surface area (Å²) in [5.41, 5.74) is 10.3. The molecule has 1 aromatic heterocycles. The maximum atomic E-state index is 11.8. The van der Waals surface area contributed by atoms with E-state index in [0.717, 1.165) is 56.8 Å². The first kappa shape index (κ1) is 18.7. The molecule has 3 heterocycles.